The van der Waals surface area contributed by atoms with E-state index in [1.54, 1.807) is 16.5 Å². The Labute approximate surface area is 139 Å². The second kappa shape index (κ2) is 7.12. The van der Waals surface area contributed by atoms with Crippen molar-refractivity contribution in [3.63, 3.8) is 0 Å². The molecule has 2 aromatic rings. The molecule has 0 atom stereocenters. The van der Waals surface area contributed by atoms with E-state index in [9.17, 15) is 9.59 Å². The molecule has 8 heteroatoms. The molecule has 0 bridgehead atoms. The van der Waals surface area contributed by atoms with Crippen LogP contribution in [0.3, 0.4) is 0 Å². The van der Waals surface area contributed by atoms with Crippen LogP contribution in [0.4, 0.5) is 4.79 Å². The zero-order valence-electron chi connectivity index (χ0n) is 13.3. The number of ether oxygens (including phenoxy) is 2. The summed E-state index contributed by atoms with van der Waals surface area (Å²) >= 11 is 0. The van der Waals surface area contributed by atoms with Crippen LogP contribution in [0, 0.1) is 0 Å². The Morgan fingerprint density at radius 2 is 1.96 bits per heavy atom. The molecule has 3 rings (SSSR count). The van der Waals surface area contributed by atoms with E-state index in [1.807, 2.05) is 30.3 Å². The molecule has 0 radical (unpaired) electrons. The summed E-state index contributed by atoms with van der Waals surface area (Å²) in [6, 6.07) is 9.48. The standard InChI is InChI=1S/C16H18N4O4/c1-2-23-15(21)14-17-13-10-19(8-9-20(13)18-14)16(22)24-11-12-6-4-3-5-7-12/h3-7H,2,8-11H2,1H3. The van der Waals surface area contributed by atoms with Crippen LogP contribution in [0.25, 0.3) is 0 Å². The number of hydrogen-bond acceptors (Lipinski definition) is 6. The molecular weight excluding hydrogens is 312 g/mol. The van der Waals surface area contributed by atoms with Gasteiger partial charge in [0.1, 0.15) is 12.4 Å². The summed E-state index contributed by atoms with van der Waals surface area (Å²) in [4.78, 5) is 29.5. The summed E-state index contributed by atoms with van der Waals surface area (Å²) in [5.74, 6) is 0.00456. The Morgan fingerprint density at radius 3 is 2.71 bits per heavy atom. The van der Waals surface area contributed by atoms with Gasteiger partial charge in [0.2, 0.25) is 0 Å². The van der Waals surface area contributed by atoms with Crippen LogP contribution < -0.4 is 0 Å². The highest BCUT2D eigenvalue weighted by atomic mass is 16.6. The highest BCUT2D eigenvalue weighted by molar-refractivity contribution is 5.85. The quantitative estimate of drug-likeness (QED) is 0.792. The van der Waals surface area contributed by atoms with Gasteiger partial charge in [-0.1, -0.05) is 30.3 Å². The number of benzene rings is 1. The fourth-order valence-corrected chi connectivity index (χ4v) is 2.38. The molecule has 2 heterocycles. The summed E-state index contributed by atoms with van der Waals surface area (Å²) in [5.41, 5.74) is 0.927. The molecule has 1 aliphatic rings. The highest BCUT2D eigenvalue weighted by Crippen LogP contribution is 2.13. The normalized spacial score (nSPS) is 13.3. The van der Waals surface area contributed by atoms with Crippen molar-refractivity contribution in [1.29, 1.82) is 0 Å². The number of rotatable bonds is 4. The lowest BCUT2D eigenvalue weighted by molar-refractivity contribution is 0.0511. The van der Waals surface area contributed by atoms with E-state index in [4.69, 9.17) is 9.47 Å². The zero-order valence-corrected chi connectivity index (χ0v) is 13.3. The van der Waals surface area contributed by atoms with Gasteiger partial charge in [-0.3, -0.25) is 4.90 Å². The van der Waals surface area contributed by atoms with Gasteiger partial charge in [0.15, 0.2) is 0 Å². The lowest BCUT2D eigenvalue weighted by Gasteiger charge is -2.25. The van der Waals surface area contributed by atoms with E-state index >= 15 is 0 Å². The van der Waals surface area contributed by atoms with Gasteiger partial charge in [0.05, 0.1) is 19.7 Å². The van der Waals surface area contributed by atoms with E-state index < -0.39 is 12.1 Å². The molecule has 24 heavy (non-hydrogen) atoms. The molecule has 1 aliphatic heterocycles. The molecule has 1 amide bonds. The maximum Gasteiger partial charge on any atom is 0.410 e. The van der Waals surface area contributed by atoms with Crippen molar-refractivity contribution in [1.82, 2.24) is 19.7 Å². The van der Waals surface area contributed by atoms with Crippen molar-refractivity contribution in [3.05, 3.63) is 47.5 Å². The summed E-state index contributed by atoms with van der Waals surface area (Å²) in [6.07, 6.45) is -0.411. The van der Waals surface area contributed by atoms with Crippen LogP contribution in [0.1, 0.15) is 28.9 Å². The Bertz CT molecular complexity index is 729. The first-order valence-electron chi connectivity index (χ1n) is 7.74. The Kier molecular flexibility index (Phi) is 4.74. The third-order valence-corrected chi connectivity index (χ3v) is 3.58. The number of aromatic nitrogens is 3. The molecule has 1 aromatic carbocycles. The first-order valence-corrected chi connectivity index (χ1v) is 7.74. The van der Waals surface area contributed by atoms with Gasteiger partial charge in [-0.2, -0.15) is 0 Å². The van der Waals surface area contributed by atoms with Crippen LogP contribution in [0.15, 0.2) is 30.3 Å². The largest absolute Gasteiger partial charge is 0.460 e. The van der Waals surface area contributed by atoms with Gasteiger partial charge in [0.25, 0.3) is 5.82 Å². The van der Waals surface area contributed by atoms with Crippen molar-refractivity contribution < 1.29 is 19.1 Å². The second-order valence-electron chi connectivity index (χ2n) is 5.26. The molecule has 0 N–H and O–H groups in total. The highest BCUT2D eigenvalue weighted by Gasteiger charge is 2.26. The summed E-state index contributed by atoms with van der Waals surface area (Å²) in [5, 5.41) is 4.11. The Morgan fingerprint density at radius 1 is 1.17 bits per heavy atom. The van der Waals surface area contributed by atoms with Gasteiger partial charge in [-0.15, -0.1) is 5.10 Å². The average molecular weight is 330 g/mol. The molecule has 0 unspecified atom stereocenters. The van der Waals surface area contributed by atoms with Crippen LogP contribution in [-0.2, 0) is 29.2 Å². The van der Waals surface area contributed by atoms with Crippen molar-refractivity contribution in [2.75, 3.05) is 13.2 Å². The van der Waals surface area contributed by atoms with Gasteiger partial charge in [0, 0.05) is 6.54 Å². The smallest absolute Gasteiger partial charge is 0.410 e. The molecule has 0 saturated carbocycles. The van der Waals surface area contributed by atoms with Crippen molar-refractivity contribution in [2.24, 2.45) is 0 Å². The summed E-state index contributed by atoms with van der Waals surface area (Å²) in [6.45, 7) is 3.37. The third kappa shape index (κ3) is 3.53. The Balaban J connectivity index is 1.60. The van der Waals surface area contributed by atoms with Gasteiger partial charge >= 0.3 is 12.1 Å². The maximum atomic E-state index is 12.2. The molecule has 0 spiro atoms. The van der Waals surface area contributed by atoms with Crippen LogP contribution in [0.2, 0.25) is 0 Å². The van der Waals surface area contributed by atoms with Crippen LogP contribution in [-0.4, -0.2) is 44.9 Å². The van der Waals surface area contributed by atoms with Gasteiger partial charge in [-0.05, 0) is 12.5 Å². The van der Waals surface area contributed by atoms with Gasteiger partial charge in [-0.25, -0.2) is 19.3 Å². The topological polar surface area (TPSA) is 86.5 Å². The fraction of sp³-hybridized carbons (Fsp3) is 0.375. The minimum absolute atomic E-state index is 0.0198. The first kappa shape index (κ1) is 16.0. The van der Waals surface area contributed by atoms with Gasteiger partial charge < -0.3 is 9.47 Å². The van der Waals surface area contributed by atoms with Crippen LogP contribution >= 0.6 is 0 Å². The number of carbonyl (C=O) groups is 2. The molecule has 1 aromatic heterocycles. The number of hydrogen-bond donors (Lipinski definition) is 0. The minimum atomic E-state index is -0.558. The molecule has 0 aliphatic carbocycles. The predicted octanol–water partition coefficient (Wildman–Crippen LogP) is 1.61. The summed E-state index contributed by atoms with van der Waals surface area (Å²) < 4.78 is 11.8. The van der Waals surface area contributed by atoms with Crippen molar-refractivity contribution in [3.8, 4) is 0 Å². The minimum Gasteiger partial charge on any atom is -0.460 e. The molecule has 8 nitrogen and oxygen atoms in total. The van der Waals surface area contributed by atoms with E-state index in [0.29, 0.717) is 18.9 Å². The number of amides is 1. The second-order valence-corrected chi connectivity index (χ2v) is 5.26. The van der Waals surface area contributed by atoms with Crippen LogP contribution in [0.5, 0.6) is 0 Å². The third-order valence-electron chi connectivity index (χ3n) is 3.58. The molecule has 0 fully saturated rings. The molecular formula is C16H18N4O4. The maximum absolute atomic E-state index is 12.2. The van der Waals surface area contributed by atoms with E-state index in [1.165, 1.54) is 0 Å². The summed E-state index contributed by atoms with van der Waals surface area (Å²) in [7, 11) is 0. The molecule has 0 saturated heterocycles. The predicted molar refractivity (Wildman–Crippen MR) is 83.0 cm³/mol. The van der Waals surface area contributed by atoms with E-state index in [2.05, 4.69) is 10.1 Å². The van der Waals surface area contributed by atoms with E-state index in [0.717, 1.165) is 5.56 Å². The number of fused-ring (bicyclic) bond motifs is 1. The molecule has 126 valence electrons. The first-order chi connectivity index (χ1) is 11.7. The lowest BCUT2D eigenvalue weighted by atomic mass is 10.2. The SMILES string of the molecule is CCOC(=O)c1nc2n(n1)CCN(C(=O)OCc1ccccc1)C2. The Hall–Kier alpha value is -2.90. The van der Waals surface area contributed by atoms with Crippen molar-refractivity contribution >= 4 is 12.1 Å². The number of esters is 1. The van der Waals surface area contributed by atoms with E-state index in [-0.39, 0.29) is 25.6 Å². The fourth-order valence-electron chi connectivity index (χ4n) is 2.38. The number of nitrogens with zero attached hydrogens (tertiary/aromatic N) is 4. The average Bonchev–Trinajstić information content (AvgIpc) is 3.04. The number of carbonyl (C=O) groups excluding carboxylic acids is 2. The zero-order chi connectivity index (χ0) is 16.9. The lowest BCUT2D eigenvalue weighted by Crippen LogP contribution is -2.39. The monoisotopic (exact) mass is 330 g/mol. The van der Waals surface area contributed by atoms with Crippen molar-refractivity contribution in [2.45, 2.75) is 26.6 Å².